The Kier molecular flexibility index (Phi) is 10.3. The van der Waals surface area contributed by atoms with Gasteiger partial charge in [0.2, 0.25) is 0 Å². The Morgan fingerprint density at radius 2 is 1.45 bits per heavy atom. The quantitative estimate of drug-likeness (QED) is 0.0881. The lowest BCUT2D eigenvalue weighted by atomic mass is 9.92. The molecule has 0 aromatic heterocycles. The van der Waals surface area contributed by atoms with Crippen molar-refractivity contribution >= 4 is 29.6 Å². The molecule has 248 valence electrons. The van der Waals surface area contributed by atoms with Crippen LogP contribution in [0.2, 0.25) is 0 Å². The first-order chi connectivity index (χ1) is 25.2. The Morgan fingerprint density at radius 1 is 0.745 bits per heavy atom. The number of nitrogens with zero attached hydrogens (tertiary/aromatic N) is 4. The second-order valence-corrected chi connectivity index (χ2v) is 12.4. The second kappa shape index (κ2) is 15.9. The number of fused-ring (bicyclic) bond motifs is 3. The van der Waals surface area contributed by atoms with Crippen LogP contribution in [0.15, 0.2) is 203 Å². The zero-order valence-electron chi connectivity index (χ0n) is 28.8. The third-order valence-electron chi connectivity index (χ3n) is 9.21. The molecule has 0 amide bonds. The number of hydrogen-bond acceptors (Lipinski definition) is 2. The van der Waals surface area contributed by atoms with Crippen LogP contribution < -0.4 is 4.90 Å². The first-order valence-corrected chi connectivity index (χ1v) is 17.4. The Bertz CT molecular complexity index is 2230. The van der Waals surface area contributed by atoms with Gasteiger partial charge in [-0.15, -0.1) is 0 Å². The average molecular weight is 661 g/mol. The van der Waals surface area contributed by atoms with Crippen LogP contribution in [0.3, 0.4) is 0 Å². The van der Waals surface area contributed by atoms with Crippen molar-refractivity contribution < 1.29 is 0 Å². The van der Waals surface area contributed by atoms with Crippen LogP contribution in [-0.2, 0) is 6.54 Å². The third-order valence-corrected chi connectivity index (χ3v) is 9.21. The van der Waals surface area contributed by atoms with Gasteiger partial charge in [0.1, 0.15) is 0 Å². The number of aliphatic imine (C=N–C) groups is 3. The minimum absolute atomic E-state index is 0.415. The van der Waals surface area contributed by atoms with Crippen molar-refractivity contribution in [3.8, 4) is 11.1 Å². The molecule has 1 heterocycles. The molecule has 51 heavy (non-hydrogen) atoms. The summed E-state index contributed by atoms with van der Waals surface area (Å²) in [5.41, 5.74) is 11.3. The molecule has 0 radical (unpaired) electrons. The standard InChI is InChI=1S/C47H40N4/c1-3-36(20-14-15-31-51-44-29-12-10-27-42(44)43-28-11-13-30-45(43)51)38-23-16-26-41(32-38)47(49-34-35-18-6-4-7-19-35)50-46(48-2)40-25-17-24-39(33-40)37-21-8-5-9-22-37/h3-27,29-33,43H,2,28,34H2,1H3/b20-14-,31-15+,36-3+,49-47?,50-46?. The van der Waals surface area contributed by atoms with Gasteiger partial charge in [0, 0.05) is 34.6 Å². The summed E-state index contributed by atoms with van der Waals surface area (Å²) in [6, 6.07) is 45.9. The summed E-state index contributed by atoms with van der Waals surface area (Å²) in [4.78, 5) is 16.8. The van der Waals surface area contributed by atoms with Gasteiger partial charge in [0.05, 0.1) is 6.54 Å². The van der Waals surface area contributed by atoms with Crippen molar-refractivity contribution in [3.05, 3.63) is 216 Å². The molecule has 5 aromatic carbocycles. The van der Waals surface area contributed by atoms with Crippen LogP contribution in [0.1, 0.15) is 47.1 Å². The van der Waals surface area contributed by atoms with Crippen molar-refractivity contribution in [3.63, 3.8) is 0 Å². The molecule has 2 aliphatic rings. The topological polar surface area (TPSA) is 40.3 Å². The highest BCUT2D eigenvalue weighted by Gasteiger charge is 2.32. The summed E-state index contributed by atoms with van der Waals surface area (Å²) < 4.78 is 0. The highest BCUT2D eigenvalue weighted by molar-refractivity contribution is 6.13. The summed E-state index contributed by atoms with van der Waals surface area (Å²) in [6.07, 6.45) is 18.4. The van der Waals surface area contributed by atoms with E-state index in [0.717, 1.165) is 45.4 Å². The van der Waals surface area contributed by atoms with Gasteiger partial charge in [-0.1, -0.05) is 146 Å². The van der Waals surface area contributed by atoms with E-state index in [4.69, 9.17) is 9.98 Å². The molecule has 0 saturated carbocycles. The van der Waals surface area contributed by atoms with Crippen LogP contribution in [0, 0.1) is 0 Å². The highest BCUT2D eigenvalue weighted by Crippen LogP contribution is 2.46. The van der Waals surface area contributed by atoms with E-state index in [2.05, 4.69) is 157 Å². The Balaban J connectivity index is 1.18. The molecule has 7 rings (SSSR count). The zero-order valence-corrected chi connectivity index (χ0v) is 28.8. The summed E-state index contributed by atoms with van der Waals surface area (Å²) in [5, 5.41) is 0. The molecule has 5 aromatic rings. The van der Waals surface area contributed by atoms with Gasteiger partial charge in [-0.05, 0) is 83.8 Å². The van der Waals surface area contributed by atoms with Crippen molar-refractivity contribution in [2.24, 2.45) is 15.0 Å². The number of allylic oxidation sites excluding steroid dienone is 9. The van der Waals surface area contributed by atoms with Crippen molar-refractivity contribution in [2.75, 3.05) is 4.90 Å². The molecule has 0 N–H and O–H groups in total. The average Bonchev–Trinajstić information content (AvgIpc) is 3.52. The van der Waals surface area contributed by atoms with E-state index in [0.29, 0.717) is 24.1 Å². The summed E-state index contributed by atoms with van der Waals surface area (Å²) in [5.74, 6) is 1.54. The van der Waals surface area contributed by atoms with E-state index in [1.807, 2.05) is 48.5 Å². The predicted octanol–water partition coefficient (Wildman–Crippen LogP) is 11.4. The third kappa shape index (κ3) is 7.61. The second-order valence-electron chi connectivity index (χ2n) is 12.4. The fourth-order valence-corrected chi connectivity index (χ4v) is 6.65. The van der Waals surface area contributed by atoms with Gasteiger partial charge in [0.25, 0.3) is 0 Å². The molecular formula is C47H40N4. The molecule has 4 nitrogen and oxygen atoms in total. The maximum atomic E-state index is 5.06. The molecule has 1 unspecified atom stereocenters. The van der Waals surface area contributed by atoms with Crippen LogP contribution in [-0.4, -0.2) is 18.4 Å². The number of hydrogen-bond donors (Lipinski definition) is 0. The van der Waals surface area contributed by atoms with E-state index >= 15 is 0 Å². The van der Waals surface area contributed by atoms with E-state index in [-0.39, 0.29) is 0 Å². The van der Waals surface area contributed by atoms with Gasteiger partial charge in [-0.3, -0.25) is 4.99 Å². The predicted molar refractivity (Wildman–Crippen MR) is 217 cm³/mol. The minimum atomic E-state index is 0.415. The molecular weight excluding hydrogens is 621 g/mol. The number of rotatable bonds is 9. The maximum absolute atomic E-state index is 5.06. The number of amidine groups is 2. The largest absolute Gasteiger partial charge is 0.320 e. The van der Waals surface area contributed by atoms with Crippen molar-refractivity contribution in [2.45, 2.75) is 25.8 Å². The fraction of sp³-hybridized carbons (Fsp3) is 0.0851. The van der Waals surface area contributed by atoms with E-state index < -0.39 is 0 Å². The van der Waals surface area contributed by atoms with Gasteiger partial charge in [-0.2, -0.15) is 0 Å². The van der Waals surface area contributed by atoms with Gasteiger partial charge < -0.3 is 4.90 Å². The number of anilines is 1. The lowest BCUT2D eigenvalue weighted by Gasteiger charge is -2.20. The number of para-hydroxylation sites is 1. The Morgan fingerprint density at radius 3 is 2.25 bits per heavy atom. The van der Waals surface area contributed by atoms with Crippen molar-refractivity contribution in [1.29, 1.82) is 0 Å². The fourth-order valence-electron chi connectivity index (χ4n) is 6.65. The molecule has 0 saturated heterocycles. The lowest BCUT2D eigenvalue weighted by molar-refractivity contribution is 0.818. The molecule has 0 bridgehead atoms. The zero-order chi connectivity index (χ0) is 34.8. The van der Waals surface area contributed by atoms with E-state index in [9.17, 15) is 0 Å². The minimum Gasteiger partial charge on any atom is -0.320 e. The van der Waals surface area contributed by atoms with Crippen LogP contribution in [0.4, 0.5) is 5.69 Å². The molecule has 1 atom stereocenters. The highest BCUT2D eigenvalue weighted by atomic mass is 15.2. The molecule has 0 spiro atoms. The summed E-state index contributed by atoms with van der Waals surface area (Å²) in [7, 11) is 0. The van der Waals surface area contributed by atoms with Crippen molar-refractivity contribution in [1.82, 2.24) is 0 Å². The summed E-state index contributed by atoms with van der Waals surface area (Å²) in [6.45, 7) is 6.46. The van der Waals surface area contributed by atoms with Gasteiger partial charge in [0.15, 0.2) is 11.7 Å². The Labute approximate surface area is 301 Å². The van der Waals surface area contributed by atoms with Gasteiger partial charge in [-0.25, -0.2) is 9.98 Å². The lowest BCUT2D eigenvalue weighted by Crippen LogP contribution is -2.13. The molecule has 1 aliphatic heterocycles. The summed E-state index contributed by atoms with van der Waals surface area (Å²) >= 11 is 0. The van der Waals surface area contributed by atoms with E-state index in [1.54, 1.807) is 0 Å². The van der Waals surface area contributed by atoms with Crippen LogP contribution in [0.5, 0.6) is 0 Å². The van der Waals surface area contributed by atoms with Gasteiger partial charge >= 0.3 is 0 Å². The van der Waals surface area contributed by atoms with E-state index in [1.165, 1.54) is 16.9 Å². The SMILES string of the molecule is C=NC(=NC(=NCc1ccccc1)c1cccc(C(/C=C\C=C\N2C3=CC=CCC3c3ccccc32)=C/C)c1)c1cccc(-c2ccccc2)c1. The van der Waals surface area contributed by atoms with Crippen LogP contribution >= 0.6 is 0 Å². The monoisotopic (exact) mass is 660 g/mol. The first-order valence-electron chi connectivity index (χ1n) is 17.4. The van der Waals surface area contributed by atoms with Crippen LogP contribution in [0.25, 0.3) is 16.7 Å². The molecule has 0 fully saturated rings. The first kappa shape index (κ1) is 33.1. The molecule has 1 aliphatic carbocycles. The maximum Gasteiger partial charge on any atom is 0.161 e. The smallest absolute Gasteiger partial charge is 0.161 e. The Hall–Kier alpha value is -6.39. The number of benzene rings is 5. The normalized spacial score (nSPS) is 16.0. The molecule has 4 heteroatoms.